The molecule has 0 aliphatic rings. The summed E-state index contributed by atoms with van der Waals surface area (Å²) in [6, 6.07) is 5.39. The third-order valence-electron chi connectivity index (χ3n) is 4.05. The van der Waals surface area contributed by atoms with E-state index >= 15 is 0 Å². The van der Waals surface area contributed by atoms with Gasteiger partial charge in [0.2, 0.25) is 23.6 Å². The molecule has 0 aliphatic carbocycles. The lowest BCUT2D eigenvalue weighted by atomic mass is 10.1. The standard InChI is InChI=1S/C18H14F2N8O2S/c1-30-15-10(20)6-22-18(27-15)26-14(29)12(8-2-4-9(19)5-3-8)31-16-11-13(24-7-23-11)25-17(21)28-16/h2-7,12H,1H3,(H,22,26,27,29)(H3,21,23,24,25,28)/t12-/m1/s1. The first kappa shape index (κ1) is 20.4. The van der Waals surface area contributed by atoms with E-state index in [1.807, 2.05) is 0 Å². The number of hydrogen-bond acceptors (Lipinski definition) is 9. The maximum Gasteiger partial charge on any atom is 0.255 e. The molecule has 3 aromatic heterocycles. The molecule has 10 nitrogen and oxygen atoms in total. The Hall–Kier alpha value is -3.87. The van der Waals surface area contributed by atoms with Crippen molar-refractivity contribution in [3.63, 3.8) is 0 Å². The number of aromatic nitrogens is 6. The molecule has 0 aliphatic heterocycles. The molecular formula is C18H14F2N8O2S. The molecule has 0 saturated heterocycles. The molecule has 13 heteroatoms. The maximum atomic E-state index is 13.6. The molecule has 31 heavy (non-hydrogen) atoms. The second-order valence-corrected chi connectivity index (χ2v) is 7.17. The summed E-state index contributed by atoms with van der Waals surface area (Å²) in [5.41, 5.74) is 7.05. The number of nitrogens with one attached hydrogen (secondary N) is 2. The second-order valence-electron chi connectivity index (χ2n) is 6.08. The van der Waals surface area contributed by atoms with Gasteiger partial charge >= 0.3 is 0 Å². The molecule has 0 fully saturated rings. The Morgan fingerprint density at radius 3 is 2.71 bits per heavy atom. The average Bonchev–Trinajstić information content (AvgIpc) is 3.22. The Labute approximate surface area is 177 Å². The molecule has 1 atom stereocenters. The quantitative estimate of drug-likeness (QED) is 0.302. The van der Waals surface area contributed by atoms with Gasteiger partial charge in [-0.2, -0.15) is 14.4 Å². The molecule has 0 radical (unpaired) electrons. The fourth-order valence-electron chi connectivity index (χ4n) is 2.66. The van der Waals surface area contributed by atoms with Gasteiger partial charge in [0.15, 0.2) is 5.65 Å². The molecule has 1 aromatic carbocycles. The van der Waals surface area contributed by atoms with Crippen LogP contribution in [0.1, 0.15) is 10.8 Å². The van der Waals surface area contributed by atoms with Crippen LogP contribution >= 0.6 is 11.8 Å². The van der Waals surface area contributed by atoms with E-state index in [0.29, 0.717) is 21.8 Å². The van der Waals surface area contributed by atoms with Gasteiger partial charge in [-0.1, -0.05) is 23.9 Å². The molecule has 1 amide bonds. The molecule has 0 unspecified atom stereocenters. The number of halogens is 2. The highest BCUT2D eigenvalue weighted by Gasteiger charge is 2.26. The van der Waals surface area contributed by atoms with E-state index in [1.54, 1.807) is 0 Å². The number of nitrogens with zero attached hydrogens (tertiary/aromatic N) is 5. The summed E-state index contributed by atoms with van der Waals surface area (Å²) >= 11 is 1.04. The number of methoxy groups -OCH3 is 1. The molecule has 158 valence electrons. The number of imidazole rings is 1. The van der Waals surface area contributed by atoms with Gasteiger partial charge in [0.25, 0.3) is 5.88 Å². The monoisotopic (exact) mass is 444 g/mol. The third-order valence-corrected chi connectivity index (χ3v) is 5.29. The number of fused-ring (bicyclic) bond motifs is 1. The van der Waals surface area contributed by atoms with Crippen LogP contribution in [0.4, 0.5) is 20.7 Å². The summed E-state index contributed by atoms with van der Waals surface area (Å²) in [6.45, 7) is 0. The van der Waals surface area contributed by atoms with Crippen LogP contribution in [0.2, 0.25) is 0 Å². The molecule has 0 spiro atoms. The van der Waals surface area contributed by atoms with Crippen LogP contribution in [0.3, 0.4) is 0 Å². The first-order valence-electron chi connectivity index (χ1n) is 8.70. The summed E-state index contributed by atoms with van der Waals surface area (Å²) < 4.78 is 31.8. The summed E-state index contributed by atoms with van der Waals surface area (Å²) in [4.78, 5) is 35.8. The summed E-state index contributed by atoms with van der Waals surface area (Å²) in [6.07, 6.45) is 2.30. The number of nitrogens with two attached hydrogens (primary N) is 1. The van der Waals surface area contributed by atoms with Crippen molar-refractivity contribution in [1.29, 1.82) is 0 Å². The maximum absolute atomic E-state index is 13.6. The van der Waals surface area contributed by atoms with E-state index in [2.05, 4.69) is 35.2 Å². The van der Waals surface area contributed by atoms with Gasteiger partial charge in [0.05, 0.1) is 19.6 Å². The predicted octanol–water partition coefficient (Wildman–Crippen LogP) is 2.48. The fourth-order valence-corrected chi connectivity index (χ4v) is 3.76. The lowest BCUT2D eigenvalue weighted by Crippen LogP contribution is -2.21. The lowest BCUT2D eigenvalue weighted by Gasteiger charge is -2.16. The minimum Gasteiger partial charge on any atom is -0.479 e. The van der Waals surface area contributed by atoms with E-state index < -0.39 is 22.8 Å². The molecule has 4 aromatic rings. The van der Waals surface area contributed by atoms with Gasteiger partial charge in [-0.25, -0.2) is 19.3 Å². The van der Waals surface area contributed by atoms with Crippen molar-refractivity contribution in [2.75, 3.05) is 18.2 Å². The van der Waals surface area contributed by atoms with Gasteiger partial charge in [0.1, 0.15) is 21.6 Å². The first-order chi connectivity index (χ1) is 14.9. The number of benzene rings is 1. The zero-order valence-corrected chi connectivity index (χ0v) is 16.7. The minimum absolute atomic E-state index is 0.0213. The number of aromatic amines is 1. The third kappa shape index (κ3) is 4.35. The van der Waals surface area contributed by atoms with Crippen LogP contribution in [-0.2, 0) is 4.79 Å². The highest BCUT2D eigenvalue weighted by Crippen LogP contribution is 2.38. The molecular weight excluding hydrogens is 430 g/mol. The number of carbonyl (C=O) groups is 1. The molecule has 0 saturated carbocycles. The number of amides is 1. The van der Waals surface area contributed by atoms with Gasteiger partial charge in [0, 0.05) is 0 Å². The summed E-state index contributed by atoms with van der Waals surface area (Å²) in [7, 11) is 1.24. The molecule has 3 heterocycles. The van der Waals surface area contributed by atoms with E-state index in [-0.39, 0.29) is 17.8 Å². The number of thioether (sulfide) groups is 1. The highest BCUT2D eigenvalue weighted by molar-refractivity contribution is 8.00. The first-order valence-corrected chi connectivity index (χ1v) is 9.58. The largest absolute Gasteiger partial charge is 0.479 e. The molecule has 4 rings (SSSR count). The Bertz CT molecular complexity index is 1250. The van der Waals surface area contributed by atoms with E-state index in [1.165, 1.54) is 37.7 Å². The van der Waals surface area contributed by atoms with E-state index in [4.69, 9.17) is 10.5 Å². The number of nitrogen functional groups attached to an aromatic ring is 1. The van der Waals surface area contributed by atoms with Crippen molar-refractivity contribution < 1.29 is 18.3 Å². The van der Waals surface area contributed by atoms with Gasteiger partial charge in [-0.15, -0.1) is 0 Å². The van der Waals surface area contributed by atoms with Crippen molar-refractivity contribution in [2.45, 2.75) is 10.3 Å². The Balaban J connectivity index is 1.69. The number of ether oxygens (including phenoxy) is 1. The van der Waals surface area contributed by atoms with Crippen LogP contribution in [0.15, 0.2) is 41.8 Å². The van der Waals surface area contributed by atoms with Crippen LogP contribution in [0.5, 0.6) is 5.88 Å². The average molecular weight is 444 g/mol. The van der Waals surface area contributed by atoms with Crippen molar-refractivity contribution in [3.05, 3.63) is 54.0 Å². The van der Waals surface area contributed by atoms with Crippen molar-refractivity contribution in [1.82, 2.24) is 29.9 Å². The van der Waals surface area contributed by atoms with Gasteiger partial charge in [-0.3, -0.25) is 10.1 Å². The van der Waals surface area contributed by atoms with Crippen LogP contribution in [-0.4, -0.2) is 42.9 Å². The Morgan fingerprint density at radius 2 is 1.97 bits per heavy atom. The Kier molecular flexibility index (Phi) is 5.58. The minimum atomic E-state index is -0.916. The highest BCUT2D eigenvalue weighted by atomic mass is 32.2. The van der Waals surface area contributed by atoms with Gasteiger partial charge < -0.3 is 15.5 Å². The van der Waals surface area contributed by atoms with Crippen LogP contribution < -0.4 is 15.8 Å². The predicted molar refractivity (Wildman–Crippen MR) is 108 cm³/mol. The SMILES string of the molecule is COc1nc(NC(=O)[C@H](Sc2nc(N)nc3nc[nH]c23)c2ccc(F)cc2)ncc1F. The smallest absolute Gasteiger partial charge is 0.255 e. The van der Waals surface area contributed by atoms with Gasteiger partial charge in [-0.05, 0) is 17.7 Å². The molecule has 4 N–H and O–H groups in total. The number of carbonyl (C=O) groups excluding carboxylic acids is 1. The summed E-state index contributed by atoms with van der Waals surface area (Å²) in [5, 5.41) is 1.96. The van der Waals surface area contributed by atoms with Crippen molar-refractivity contribution in [2.24, 2.45) is 0 Å². The van der Waals surface area contributed by atoms with E-state index in [9.17, 15) is 13.6 Å². The lowest BCUT2D eigenvalue weighted by molar-refractivity contribution is -0.115. The van der Waals surface area contributed by atoms with E-state index in [0.717, 1.165) is 18.0 Å². The summed E-state index contributed by atoms with van der Waals surface area (Å²) in [5.74, 6) is -2.30. The Morgan fingerprint density at radius 1 is 1.19 bits per heavy atom. The molecule has 0 bridgehead atoms. The van der Waals surface area contributed by atoms with Crippen molar-refractivity contribution in [3.8, 4) is 5.88 Å². The van der Waals surface area contributed by atoms with Crippen molar-refractivity contribution >= 4 is 40.7 Å². The number of anilines is 2. The van der Waals surface area contributed by atoms with Crippen LogP contribution in [0, 0.1) is 11.6 Å². The topological polar surface area (TPSA) is 145 Å². The number of H-pyrrole nitrogens is 1. The van der Waals surface area contributed by atoms with Crippen LogP contribution in [0.25, 0.3) is 11.2 Å². The number of rotatable bonds is 6. The number of hydrogen-bond donors (Lipinski definition) is 3. The second kappa shape index (κ2) is 8.47. The normalized spacial score (nSPS) is 12.0. The zero-order valence-electron chi connectivity index (χ0n) is 15.8. The zero-order chi connectivity index (χ0) is 22.0. The fraction of sp³-hybridized carbons (Fsp3) is 0.111.